The van der Waals surface area contributed by atoms with Crippen molar-refractivity contribution in [3.8, 4) is 0 Å². The van der Waals surface area contributed by atoms with Gasteiger partial charge in [-0.15, -0.1) is 0 Å². The molecular weight excluding hydrogens is 414 g/mol. The molecular formula is C22H25Cl2FN2O2. The normalized spacial score (nSPS) is 12.0. The van der Waals surface area contributed by atoms with Crippen molar-refractivity contribution in [2.24, 2.45) is 5.92 Å². The number of carbonyl (C=O) groups excluding carboxylic acids is 2. The van der Waals surface area contributed by atoms with Crippen molar-refractivity contribution in [1.29, 1.82) is 0 Å². The van der Waals surface area contributed by atoms with Gasteiger partial charge >= 0.3 is 0 Å². The van der Waals surface area contributed by atoms with Gasteiger partial charge < -0.3 is 10.2 Å². The smallest absolute Gasteiger partial charge is 0.242 e. The molecule has 1 atom stereocenters. The minimum atomic E-state index is -0.701. The van der Waals surface area contributed by atoms with Crippen LogP contribution in [0.1, 0.15) is 31.9 Å². The van der Waals surface area contributed by atoms with Gasteiger partial charge in [-0.2, -0.15) is 0 Å². The van der Waals surface area contributed by atoms with Crippen LogP contribution in [0.25, 0.3) is 0 Å². The molecule has 2 amide bonds. The van der Waals surface area contributed by atoms with Crippen LogP contribution < -0.4 is 5.32 Å². The number of amides is 2. The van der Waals surface area contributed by atoms with Crippen LogP contribution in [0.5, 0.6) is 0 Å². The molecule has 0 unspecified atom stereocenters. The third-order valence-corrected chi connectivity index (χ3v) is 5.06. The fourth-order valence-electron chi connectivity index (χ4n) is 2.75. The minimum absolute atomic E-state index is 0.0489. The van der Waals surface area contributed by atoms with E-state index in [-0.39, 0.29) is 30.6 Å². The lowest BCUT2D eigenvalue weighted by atomic mass is 10.1. The van der Waals surface area contributed by atoms with Crippen molar-refractivity contribution in [2.45, 2.75) is 39.8 Å². The zero-order valence-corrected chi connectivity index (χ0v) is 18.2. The summed E-state index contributed by atoms with van der Waals surface area (Å²) < 4.78 is 13.2. The number of hydrogen-bond donors (Lipinski definition) is 1. The van der Waals surface area contributed by atoms with Gasteiger partial charge in [0.2, 0.25) is 11.8 Å². The number of rotatable bonds is 8. The van der Waals surface area contributed by atoms with Crippen LogP contribution in [0, 0.1) is 11.7 Å². The first-order valence-corrected chi connectivity index (χ1v) is 10.2. The lowest BCUT2D eigenvalue weighted by Crippen LogP contribution is -2.48. The molecule has 4 nitrogen and oxygen atoms in total. The summed E-state index contributed by atoms with van der Waals surface area (Å²) in [4.78, 5) is 27.1. The molecule has 0 aliphatic heterocycles. The van der Waals surface area contributed by atoms with Crippen molar-refractivity contribution in [3.63, 3.8) is 0 Å². The maximum absolute atomic E-state index is 13.2. The average molecular weight is 439 g/mol. The number of benzene rings is 2. The van der Waals surface area contributed by atoms with E-state index in [2.05, 4.69) is 5.32 Å². The van der Waals surface area contributed by atoms with E-state index in [0.29, 0.717) is 33.6 Å². The summed E-state index contributed by atoms with van der Waals surface area (Å²) in [6.45, 7) is 6.35. The fourth-order valence-corrected chi connectivity index (χ4v) is 3.22. The molecule has 0 aliphatic carbocycles. The van der Waals surface area contributed by atoms with Crippen LogP contribution in [0.4, 0.5) is 4.39 Å². The summed E-state index contributed by atoms with van der Waals surface area (Å²) in [5.74, 6) is -0.571. The van der Waals surface area contributed by atoms with Gasteiger partial charge in [0.25, 0.3) is 0 Å². The number of hydrogen-bond acceptors (Lipinski definition) is 2. The third kappa shape index (κ3) is 7.02. The Morgan fingerprint density at radius 2 is 1.72 bits per heavy atom. The van der Waals surface area contributed by atoms with E-state index in [0.717, 1.165) is 0 Å². The number of nitrogens with one attached hydrogen (secondary N) is 1. The van der Waals surface area contributed by atoms with Gasteiger partial charge in [-0.3, -0.25) is 9.59 Å². The first kappa shape index (κ1) is 23.2. The maximum atomic E-state index is 13.2. The highest BCUT2D eigenvalue weighted by molar-refractivity contribution is 6.35. The van der Waals surface area contributed by atoms with Crippen molar-refractivity contribution >= 4 is 35.0 Å². The molecule has 0 aromatic heterocycles. The van der Waals surface area contributed by atoms with Crippen molar-refractivity contribution in [3.05, 3.63) is 69.5 Å². The number of nitrogens with zero attached hydrogens (tertiary/aromatic N) is 1. The van der Waals surface area contributed by atoms with E-state index in [1.165, 1.54) is 17.0 Å². The SMILES string of the molecule is CC(C)CNC(=O)[C@H](C)N(Cc1ccc(Cl)cc1Cl)C(=O)Cc1ccc(F)cc1. The maximum Gasteiger partial charge on any atom is 0.242 e. The van der Waals surface area contributed by atoms with Crippen LogP contribution in [0.15, 0.2) is 42.5 Å². The quantitative estimate of drug-likeness (QED) is 0.639. The van der Waals surface area contributed by atoms with Gasteiger partial charge in [0.15, 0.2) is 0 Å². The molecule has 0 saturated heterocycles. The Morgan fingerprint density at radius 1 is 1.07 bits per heavy atom. The van der Waals surface area contributed by atoms with Gasteiger partial charge in [-0.05, 0) is 48.2 Å². The van der Waals surface area contributed by atoms with Crippen molar-refractivity contribution in [1.82, 2.24) is 10.2 Å². The molecule has 1 N–H and O–H groups in total. The second-order valence-electron chi connectivity index (χ2n) is 7.38. The zero-order chi connectivity index (χ0) is 21.6. The summed E-state index contributed by atoms with van der Waals surface area (Å²) in [5.41, 5.74) is 1.35. The molecule has 0 spiro atoms. The van der Waals surface area contributed by atoms with Gasteiger partial charge in [-0.1, -0.05) is 55.2 Å². The highest BCUT2D eigenvalue weighted by Crippen LogP contribution is 2.23. The summed E-state index contributed by atoms with van der Waals surface area (Å²) in [5, 5.41) is 3.78. The van der Waals surface area contributed by atoms with Crippen LogP contribution in [0.3, 0.4) is 0 Å². The second kappa shape index (κ2) is 10.6. The first-order valence-electron chi connectivity index (χ1n) is 9.43. The molecule has 0 saturated carbocycles. The summed E-state index contributed by atoms with van der Waals surface area (Å²) >= 11 is 12.2. The lowest BCUT2D eigenvalue weighted by molar-refractivity contribution is -0.140. The zero-order valence-electron chi connectivity index (χ0n) is 16.7. The third-order valence-electron chi connectivity index (χ3n) is 4.48. The Hall–Kier alpha value is -2.11. The molecule has 156 valence electrons. The Morgan fingerprint density at radius 3 is 2.31 bits per heavy atom. The molecule has 0 radical (unpaired) electrons. The van der Waals surface area contributed by atoms with Crippen LogP contribution in [-0.2, 0) is 22.6 Å². The largest absolute Gasteiger partial charge is 0.354 e. The fraction of sp³-hybridized carbons (Fsp3) is 0.364. The average Bonchev–Trinajstić information content (AvgIpc) is 2.66. The Balaban J connectivity index is 2.24. The van der Waals surface area contributed by atoms with Crippen LogP contribution in [-0.4, -0.2) is 29.3 Å². The van der Waals surface area contributed by atoms with Gasteiger partial charge in [-0.25, -0.2) is 4.39 Å². The van der Waals surface area contributed by atoms with E-state index >= 15 is 0 Å². The Bertz CT molecular complexity index is 856. The van der Waals surface area contributed by atoms with E-state index in [9.17, 15) is 14.0 Å². The van der Waals surface area contributed by atoms with Gasteiger partial charge in [0.1, 0.15) is 11.9 Å². The Kier molecular flexibility index (Phi) is 8.47. The summed E-state index contributed by atoms with van der Waals surface area (Å²) in [7, 11) is 0. The molecule has 7 heteroatoms. The van der Waals surface area contributed by atoms with E-state index in [4.69, 9.17) is 23.2 Å². The molecule has 2 rings (SSSR count). The van der Waals surface area contributed by atoms with Crippen LogP contribution in [0.2, 0.25) is 10.0 Å². The molecule has 0 fully saturated rings. The van der Waals surface area contributed by atoms with Gasteiger partial charge in [0, 0.05) is 23.1 Å². The highest BCUT2D eigenvalue weighted by Gasteiger charge is 2.26. The highest BCUT2D eigenvalue weighted by atomic mass is 35.5. The Labute approximate surface area is 181 Å². The lowest BCUT2D eigenvalue weighted by Gasteiger charge is -2.29. The van der Waals surface area contributed by atoms with Crippen molar-refractivity contribution in [2.75, 3.05) is 6.54 Å². The first-order chi connectivity index (χ1) is 13.7. The molecule has 2 aromatic carbocycles. The second-order valence-corrected chi connectivity index (χ2v) is 8.22. The summed E-state index contributed by atoms with van der Waals surface area (Å²) in [6, 6.07) is 10.1. The summed E-state index contributed by atoms with van der Waals surface area (Å²) in [6.07, 6.45) is 0.0489. The van der Waals surface area contributed by atoms with Crippen molar-refractivity contribution < 1.29 is 14.0 Å². The standard InChI is InChI=1S/C22H25Cl2FN2O2/c1-14(2)12-26-22(29)15(3)27(13-17-6-7-18(23)11-20(17)24)21(28)10-16-4-8-19(25)9-5-16/h4-9,11,14-15H,10,12-13H2,1-3H3,(H,26,29)/t15-/m0/s1. The minimum Gasteiger partial charge on any atom is -0.354 e. The molecule has 2 aromatic rings. The van der Waals surface area contributed by atoms with E-state index in [1.54, 1.807) is 37.3 Å². The molecule has 0 aliphatic rings. The molecule has 0 heterocycles. The van der Waals surface area contributed by atoms with E-state index < -0.39 is 6.04 Å². The van der Waals surface area contributed by atoms with Gasteiger partial charge in [0.05, 0.1) is 6.42 Å². The predicted octanol–water partition coefficient (Wildman–Crippen LogP) is 4.86. The predicted molar refractivity (Wildman–Crippen MR) is 114 cm³/mol. The molecule has 29 heavy (non-hydrogen) atoms. The van der Waals surface area contributed by atoms with Crippen LogP contribution >= 0.6 is 23.2 Å². The number of halogens is 3. The number of carbonyl (C=O) groups is 2. The van der Waals surface area contributed by atoms with E-state index in [1.807, 2.05) is 13.8 Å². The topological polar surface area (TPSA) is 49.4 Å². The monoisotopic (exact) mass is 438 g/mol. The molecule has 0 bridgehead atoms.